The number of nitrogens with zero attached hydrogens (tertiary/aromatic N) is 1. The van der Waals surface area contributed by atoms with Crippen molar-refractivity contribution in [3.8, 4) is 0 Å². The van der Waals surface area contributed by atoms with Gasteiger partial charge in [-0.1, -0.05) is 13.8 Å². The van der Waals surface area contributed by atoms with Crippen LogP contribution in [0.15, 0.2) is 0 Å². The molecule has 20 heavy (non-hydrogen) atoms. The van der Waals surface area contributed by atoms with Crippen molar-refractivity contribution in [1.29, 1.82) is 0 Å². The lowest BCUT2D eigenvalue weighted by Gasteiger charge is -2.41. The number of hydrogen-bond donors (Lipinski definition) is 1. The number of nitrogens with one attached hydrogen (secondary N) is 1. The third kappa shape index (κ3) is 5.34. The van der Waals surface area contributed by atoms with Crippen molar-refractivity contribution in [2.75, 3.05) is 45.9 Å². The molecule has 0 aromatic heterocycles. The van der Waals surface area contributed by atoms with Crippen molar-refractivity contribution in [2.45, 2.75) is 52.4 Å². The molecule has 1 saturated carbocycles. The van der Waals surface area contributed by atoms with Crippen LogP contribution < -0.4 is 5.32 Å². The number of rotatable bonds is 10. The van der Waals surface area contributed by atoms with E-state index in [4.69, 9.17) is 4.74 Å². The topological polar surface area (TPSA) is 24.5 Å². The molecule has 118 valence electrons. The largest absolute Gasteiger partial charge is 0.381 e. The van der Waals surface area contributed by atoms with E-state index in [2.05, 4.69) is 24.1 Å². The highest BCUT2D eigenvalue weighted by molar-refractivity contribution is 4.89. The highest BCUT2D eigenvalue weighted by Crippen LogP contribution is 2.33. The Bertz CT molecular complexity index is 260. The van der Waals surface area contributed by atoms with Gasteiger partial charge in [-0.15, -0.1) is 0 Å². The van der Waals surface area contributed by atoms with Crippen LogP contribution in [0.25, 0.3) is 0 Å². The van der Waals surface area contributed by atoms with Crippen LogP contribution in [0, 0.1) is 11.3 Å². The summed E-state index contributed by atoms with van der Waals surface area (Å²) in [6.45, 7) is 12.5. The Hall–Kier alpha value is -0.120. The second-order valence-electron chi connectivity index (χ2n) is 7.01. The molecule has 0 bridgehead atoms. The van der Waals surface area contributed by atoms with Crippen molar-refractivity contribution >= 4 is 0 Å². The fourth-order valence-corrected chi connectivity index (χ4v) is 3.45. The monoisotopic (exact) mass is 282 g/mol. The molecular formula is C17H34N2O. The van der Waals surface area contributed by atoms with Crippen LogP contribution in [0.3, 0.4) is 0 Å². The average molecular weight is 282 g/mol. The summed E-state index contributed by atoms with van der Waals surface area (Å²) in [6.07, 6.45) is 7.96. The van der Waals surface area contributed by atoms with Gasteiger partial charge in [0.15, 0.2) is 0 Å². The molecule has 0 radical (unpaired) electrons. The van der Waals surface area contributed by atoms with Gasteiger partial charge in [0.25, 0.3) is 0 Å². The van der Waals surface area contributed by atoms with Gasteiger partial charge < -0.3 is 15.0 Å². The van der Waals surface area contributed by atoms with Crippen LogP contribution in [0.5, 0.6) is 0 Å². The van der Waals surface area contributed by atoms with Gasteiger partial charge in [0, 0.05) is 31.7 Å². The highest BCUT2D eigenvalue weighted by atomic mass is 16.5. The maximum Gasteiger partial charge on any atom is 0.0546 e. The molecule has 1 saturated heterocycles. The van der Waals surface area contributed by atoms with E-state index in [0.717, 1.165) is 32.2 Å². The SMILES string of the molecule is CCCNCC1(CN(CCC)CC2CC2)CCCOC1. The third-order valence-corrected chi connectivity index (χ3v) is 4.64. The summed E-state index contributed by atoms with van der Waals surface area (Å²) >= 11 is 0. The third-order valence-electron chi connectivity index (χ3n) is 4.64. The summed E-state index contributed by atoms with van der Waals surface area (Å²) in [5.41, 5.74) is 0.359. The van der Waals surface area contributed by atoms with Gasteiger partial charge in [-0.3, -0.25) is 0 Å². The minimum atomic E-state index is 0.359. The van der Waals surface area contributed by atoms with Gasteiger partial charge in [-0.25, -0.2) is 0 Å². The normalized spacial score (nSPS) is 27.1. The Labute approximate surface area is 125 Å². The molecule has 1 heterocycles. The zero-order chi connectivity index (χ0) is 14.3. The minimum absolute atomic E-state index is 0.359. The maximum atomic E-state index is 5.85. The smallest absolute Gasteiger partial charge is 0.0546 e. The van der Waals surface area contributed by atoms with Crippen LogP contribution in [0.2, 0.25) is 0 Å². The number of ether oxygens (including phenoxy) is 1. The molecule has 2 aliphatic rings. The van der Waals surface area contributed by atoms with Gasteiger partial charge in [-0.2, -0.15) is 0 Å². The average Bonchev–Trinajstić information content (AvgIpc) is 3.24. The van der Waals surface area contributed by atoms with Crippen LogP contribution in [-0.2, 0) is 4.74 Å². The van der Waals surface area contributed by atoms with E-state index in [9.17, 15) is 0 Å². The second-order valence-corrected chi connectivity index (χ2v) is 7.01. The summed E-state index contributed by atoms with van der Waals surface area (Å²) < 4.78 is 5.85. The second kappa shape index (κ2) is 8.35. The van der Waals surface area contributed by atoms with Gasteiger partial charge in [0.2, 0.25) is 0 Å². The highest BCUT2D eigenvalue weighted by Gasteiger charge is 2.35. The summed E-state index contributed by atoms with van der Waals surface area (Å²) in [7, 11) is 0. The molecule has 0 aromatic rings. The summed E-state index contributed by atoms with van der Waals surface area (Å²) in [5, 5.41) is 3.66. The van der Waals surface area contributed by atoms with Crippen LogP contribution >= 0.6 is 0 Å². The summed E-state index contributed by atoms with van der Waals surface area (Å²) in [5.74, 6) is 0.992. The van der Waals surface area contributed by atoms with Gasteiger partial charge in [0.05, 0.1) is 6.61 Å². The van der Waals surface area contributed by atoms with Crippen LogP contribution in [0.1, 0.15) is 52.4 Å². The summed E-state index contributed by atoms with van der Waals surface area (Å²) in [4.78, 5) is 2.72. The molecular weight excluding hydrogens is 248 g/mol. The van der Waals surface area contributed by atoms with Gasteiger partial charge in [-0.05, 0) is 57.5 Å². The van der Waals surface area contributed by atoms with Crippen molar-refractivity contribution < 1.29 is 4.74 Å². The molecule has 1 aliphatic carbocycles. The van der Waals surface area contributed by atoms with E-state index in [-0.39, 0.29) is 0 Å². The lowest BCUT2D eigenvalue weighted by atomic mass is 9.81. The molecule has 1 atom stereocenters. The molecule has 0 aromatic carbocycles. The quantitative estimate of drug-likeness (QED) is 0.624. The van der Waals surface area contributed by atoms with E-state index in [1.54, 1.807) is 0 Å². The molecule has 1 N–H and O–H groups in total. The Morgan fingerprint density at radius 3 is 2.70 bits per heavy atom. The first kappa shape index (κ1) is 16.3. The predicted molar refractivity (Wildman–Crippen MR) is 85.1 cm³/mol. The van der Waals surface area contributed by atoms with Gasteiger partial charge >= 0.3 is 0 Å². The fourth-order valence-electron chi connectivity index (χ4n) is 3.45. The minimum Gasteiger partial charge on any atom is -0.381 e. The number of hydrogen-bond acceptors (Lipinski definition) is 3. The molecule has 2 rings (SSSR count). The van der Waals surface area contributed by atoms with Crippen LogP contribution in [-0.4, -0.2) is 50.8 Å². The first-order chi connectivity index (χ1) is 9.78. The Balaban J connectivity index is 1.88. The van der Waals surface area contributed by atoms with Crippen molar-refractivity contribution in [3.63, 3.8) is 0 Å². The Morgan fingerprint density at radius 1 is 1.25 bits per heavy atom. The molecule has 0 spiro atoms. The van der Waals surface area contributed by atoms with E-state index in [1.165, 1.54) is 58.2 Å². The molecule has 0 amide bonds. The predicted octanol–water partition coefficient (Wildman–Crippen LogP) is 2.90. The van der Waals surface area contributed by atoms with E-state index in [0.29, 0.717) is 5.41 Å². The molecule has 3 heteroatoms. The molecule has 1 aliphatic heterocycles. The lowest BCUT2D eigenvalue weighted by molar-refractivity contribution is -0.0268. The summed E-state index contributed by atoms with van der Waals surface area (Å²) in [6, 6.07) is 0. The maximum absolute atomic E-state index is 5.85. The molecule has 3 nitrogen and oxygen atoms in total. The first-order valence-electron chi connectivity index (χ1n) is 8.79. The lowest BCUT2D eigenvalue weighted by Crippen LogP contribution is -2.49. The van der Waals surface area contributed by atoms with Crippen molar-refractivity contribution in [3.05, 3.63) is 0 Å². The van der Waals surface area contributed by atoms with Crippen molar-refractivity contribution in [2.24, 2.45) is 11.3 Å². The Morgan fingerprint density at radius 2 is 2.10 bits per heavy atom. The van der Waals surface area contributed by atoms with Gasteiger partial charge in [0.1, 0.15) is 0 Å². The fraction of sp³-hybridized carbons (Fsp3) is 1.00. The van der Waals surface area contributed by atoms with E-state index in [1.807, 2.05) is 0 Å². The van der Waals surface area contributed by atoms with E-state index >= 15 is 0 Å². The van der Waals surface area contributed by atoms with E-state index < -0.39 is 0 Å². The standard InChI is InChI=1S/C17H34N2O/c1-3-9-18-13-17(8-5-11-20-15-17)14-19(10-4-2)12-16-6-7-16/h16,18H,3-15H2,1-2H3. The molecule has 2 fully saturated rings. The molecule has 1 unspecified atom stereocenters. The zero-order valence-corrected chi connectivity index (χ0v) is 13.6. The van der Waals surface area contributed by atoms with Crippen LogP contribution in [0.4, 0.5) is 0 Å². The zero-order valence-electron chi connectivity index (χ0n) is 13.6. The van der Waals surface area contributed by atoms with Crippen molar-refractivity contribution in [1.82, 2.24) is 10.2 Å². The Kier molecular flexibility index (Phi) is 6.79. The first-order valence-corrected chi connectivity index (χ1v) is 8.79.